The van der Waals surface area contributed by atoms with Crippen LogP contribution in [0, 0.1) is 11.8 Å². The molecule has 2 fully saturated rings. The smallest absolute Gasteiger partial charge is 0.0613 e. The fourth-order valence-corrected chi connectivity index (χ4v) is 4.17. The number of nitrogens with one attached hydrogen (secondary N) is 1. The van der Waals surface area contributed by atoms with Gasteiger partial charge < -0.3 is 15.3 Å². The van der Waals surface area contributed by atoms with Crippen molar-refractivity contribution in [1.82, 2.24) is 10.2 Å². The fourth-order valence-electron chi connectivity index (χ4n) is 4.17. The number of hydrogen-bond acceptors (Lipinski definition) is 3. The number of hydrogen-bond donors (Lipinski definition) is 2. The van der Waals surface area contributed by atoms with Crippen LogP contribution in [0.5, 0.6) is 0 Å². The van der Waals surface area contributed by atoms with Crippen molar-refractivity contribution >= 4 is 0 Å². The Morgan fingerprint density at radius 1 is 1.21 bits per heavy atom. The highest BCUT2D eigenvalue weighted by atomic mass is 16.3. The summed E-state index contributed by atoms with van der Waals surface area (Å²) in [6, 6.07) is 0. The van der Waals surface area contributed by atoms with Crippen LogP contribution in [-0.4, -0.2) is 48.3 Å². The number of aliphatic hydroxyl groups excluding tert-OH is 1. The normalized spacial score (nSPS) is 30.5. The van der Waals surface area contributed by atoms with E-state index in [0.29, 0.717) is 0 Å². The second-order valence-electron chi connectivity index (χ2n) is 6.64. The zero-order valence-electron chi connectivity index (χ0n) is 12.8. The van der Waals surface area contributed by atoms with Crippen LogP contribution < -0.4 is 5.32 Å². The zero-order valence-corrected chi connectivity index (χ0v) is 12.8. The summed E-state index contributed by atoms with van der Waals surface area (Å²) in [5.74, 6) is 2.00. The van der Waals surface area contributed by atoms with E-state index in [4.69, 9.17) is 0 Å². The van der Waals surface area contributed by atoms with Gasteiger partial charge in [0.05, 0.1) is 6.61 Å². The lowest BCUT2D eigenvalue weighted by Crippen LogP contribution is -2.48. The van der Waals surface area contributed by atoms with Gasteiger partial charge in [-0.15, -0.1) is 0 Å². The van der Waals surface area contributed by atoms with Gasteiger partial charge >= 0.3 is 0 Å². The van der Waals surface area contributed by atoms with Gasteiger partial charge in [0.2, 0.25) is 0 Å². The third kappa shape index (κ3) is 3.71. The molecule has 0 aromatic rings. The first-order valence-corrected chi connectivity index (χ1v) is 8.31. The van der Waals surface area contributed by atoms with Gasteiger partial charge in [0.1, 0.15) is 0 Å². The van der Waals surface area contributed by atoms with Crippen molar-refractivity contribution in [3.05, 3.63) is 0 Å². The first kappa shape index (κ1) is 15.3. The predicted molar refractivity (Wildman–Crippen MR) is 80.3 cm³/mol. The monoisotopic (exact) mass is 268 g/mol. The molecule has 0 bridgehead atoms. The van der Waals surface area contributed by atoms with Crippen molar-refractivity contribution in [2.75, 3.05) is 32.8 Å². The van der Waals surface area contributed by atoms with Gasteiger partial charge in [-0.3, -0.25) is 0 Å². The second kappa shape index (κ2) is 7.05. The van der Waals surface area contributed by atoms with Crippen molar-refractivity contribution < 1.29 is 5.11 Å². The molecule has 1 saturated heterocycles. The van der Waals surface area contributed by atoms with Crippen molar-refractivity contribution in [3.8, 4) is 0 Å². The summed E-state index contributed by atoms with van der Waals surface area (Å²) in [6.07, 6.45) is 7.72. The minimum atomic E-state index is -0.0374. The van der Waals surface area contributed by atoms with Gasteiger partial charge in [-0.1, -0.05) is 20.3 Å². The molecule has 0 aromatic carbocycles. The van der Waals surface area contributed by atoms with Gasteiger partial charge in [0.15, 0.2) is 0 Å². The summed E-state index contributed by atoms with van der Waals surface area (Å²) in [5.41, 5.74) is -0.0374. The molecule has 1 aliphatic heterocycles. The quantitative estimate of drug-likeness (QED) is 0.709. The molecular weight excluding hydrogens is 236 g/mol. The molecule has 2 N–H and O–H groups in total. The number of fused-ring (bicyclic) bond motifs is 1. The van der Waals surface area contributed by atoms with E-state index < -0.39 is 0 Å². The summed E-state index contributed by atoms with van der Waals surface area (Å²) in [6.45, 7) is 9.42. The van der Waals surface area contributed by atoms with Crippen molar-refractivity contribution in [2.24, 2.45) is 11.8 Å². The minimum absolute atomic E-state index is 0.0374. The van der Waals surface area contributed by atoms with Gasteiger partial charge in [-0.25, -0.2) is 0 Å². The number of rotatable bonds is 8. The van der Waals surface area contributed by atoms with Crippen LogP contribution in [0.4, 0.5) is 0 Å². The molecule has 3 atom stereocenters. The van der Waals surface area contributed by atoms with Crippen LogP contribution in [0.2, 0.25) is 0 Å². The van der Waals surface area contributed by atoms with Gasteiger partial charge in [0, 0.05) is 18.6 Å². The Morgan fingerprint density at radius 2 is 1.89 bits per heavy atom. The fraction of sp³-hybridized carbons (Fsp3) is 1.00. The second-order valence-corrected chi connectivity index (χ2v) is 6.64. The van der Waals surface area contributed by atoms with Crippen LogP contribution in [-0.2, 0) is 0 Å². The van der Waals surface area contributed by atoms with Crippen LogP contribution in [0.3, 0.4) is 0 Å². The molecule has 0 amide bonds. The first-order chi connectivity index (χ1) is 9.23. The summed E-state index contributed by atoms with van der Waals surface area (Å²) >= 11 is 0. The first-order valence-electron chi connectivity index (χ1n) is 8.31. The van der Waals surface area contributed by atoms with E-state index in [9.17, 15) is 5.11 Å². The van der Waals surface area contributed by atoms with E-state index in [-0.39, 0.29) is 12.1 Å². The van der Waals surface area contributed by atoms with Crippen molar-refractivity contribution in [2.45, 2.75) is 57.9 Å². The number of nitrogens with zero attached hydrogens (tertiary/aromatic N) is 1. The third-order valence-electron chi connectivity index (χ3n) is 5.46. The average molecular weight is 268 g/mol. The maximum atomic E-state index is 9.65. The lowest BCUT2D eigenvalue weighted by atomic mass is 9.91. The molecule has 0 spiro atoms. The molecule has 19 heavy (non-hydrogen) atoms. The Bertz CT molecular complexity index is 253. The number of likely N-dealkylation sites (tertiary alicyclic amines) is 1. The lowest BCUT2D eigenvalue weighted by Gasteiger charge is -2.32. The maximum Gasteiger partial charge on any atom is 0.0613 e. The third-order valence-corrected chi connectivity index (χ3v) is 5.46. The standard InChI is InChI=1S/C16H32N2O/c1-3-16(13-19,17-4-2)9-6-10-18-11-14-7-5-8-15(14)12-18/h14-15,17,19H,3-13H2,1-2H3. The van der Waals surface area contributed by atoms with E-state index >= 15 is 0 Å². The Balaban J connectivity index is 1.70. The molecule has 112 valence electrons. The predicted octanol–water partition coefficient (Wildman–Crippen LogP) is 2.25. The van der Waals surface area contributed by atoms with E-state index in [1.54, 1.807) is 0 Å². The van der Waals surface area contributed by atoms with Gasteiger partial charge in [-0.05, 0) is 57.0 Å². The van der Waals surface area contributed by atoms with Crippen molar-refractivity contribution in [3.63, 3.8) is 0 Å². The average Bonchev–Trinajstić information content (AvgIpc) is 2.98. The number of aliphatic hydroxyl groups is 1. The molecule has 1 aliphatic carbocycles. The van der Waals surface area contributed by atoms with Crippen LogP contribution in [0.15, 0.2) is 0 Å². The molecule has 0 aromatic heterocycles. The molecule has 3 unspecified atom stereocenters. The highest BCUT2D eigenvalue weighted by Crippen LogP contribution is 2.37. The molecular formula is C16H32N2O. The molecule has 0 radical (unpaired) electrons. The largest absolute Gasteiger partial charge is 0.394 e. The van der Waals surface area contributed by atoms with E-state index in [0.717, 1.165) is 31.2 Å². The zero-order chi connectivity index (χ0) is 13.7. The summed E-state index contributed by atoms with van der Waals surface area (Å²) < 4.78 is 0. The summed E-state index contributed by atoms with van der Waals surface area (Å²) in [5, 5.41) is 13.1. The Kier molecular flexibility index (Phi) is 5.67. The van der Waals surface area contributed by atoms with Gasteiger partial charge in [-0.2, -0.15) is 0 Å². The van der Waals surface area contributed by atoms with E-state index in [1.807, 2.05) is 0 Å². The summed E-state index contributed by atoms with van der Waals surface area (Å²) in [7, 11) is 0. The molecule has 3 heteroatoms. The highest BCUT2D eigenvalue weighted by Gasteiger charge is 2.35. The minimum Gasteiger partial charge on any atom is -0.394 e. The summed E-state index contributed by atoms with van der Waals surface area (Å²) in [4.78, 5) is 2.66. The van der Waals surface area contributed by atoms with Crippen LogP contribution in [0.25, 0.3) is 0 Å². The number of likely N-dealkylation sites (N-methyl/N-ethyl adjacent to an activating group) is 1. The maximum absolute atomic E-state index is 9.65. The molecule has 3 nitrogen and oxygen atoms in total. The molecule has 2 rings (SSSR count). The van der Waals surface area contributed by atoms with E-state index in [1.165, 1.54) is 45.3 Å². The molecule has 1 saturated carbocycles. The molecule has 1 heterocycles. The van der Waals surface area contributed by atoms with Crippen LogP contribution >= 0.6 is 0 Å². The molecule has 2 aliphatic rings. The topological polar surface area (TPSA) is 35.5 Å². The Morgan fingerprint density at radius 3 is 2.42 bits per heavy atom. The van der Waals surface area contributed by atoms with E-state index in [2.05, 4.69) is 24.1 Å². The lowest BCUT2D eigenvalue weighted by molar-refractivity contribution is 0.141. The Hall–Kier alpha value is -0.120. The van der Waals surface area contributed by atoms with Crippen molar-refractivity contribution in [1.29, 1.82) is 0 Å². The highest BCUT2D eigenvalue weighted by molar-refractivity contribution is 4.90. The SMILES string of the molecule is CCNC(CC)(CO)CCCN1CC2CCCC2C1. The van der Waals surface area contributed by atoms with Crippen LogP contribution in [0.1, 0.15) is 52.4 Å². The van der Waals surface area contributed by atoms with Gasteiger partial charge in [0.25, 0.3) is 0 Å². The Labute approximate surface area is 118 Å².